The van der Waals surface area contributed by atoms with Crippen LogP contribution in [-0.2, 0) is 0 Å². The van der Waals surface area contributed by atoms with Crippen LogP contribution >= 0.6 is 0 Å². The van der Waals surface area contributed by atoms with Gasteiger partial charge in [0, 0.05) is 17.8 Å². The predicted molar refractivity (Wildman–Crippen MR) is 80.2 cm³/mol. The van der Waals surface area contributed by atoms with Crippen molar-refractivity contribution >= 4 is 16.6 Å². The number of hydrogen-bond acceptors (Lipinski definition) is 3. The van der Waals surface area contributed by atoms with Crippen molar-refractivity contribution in [2.75, 3.05) is 0 Å². The highest BCUT2D eigenvalue weighted by Crippen LogP contribution is 2.29. The zero-order valence-electron chi connectivity index (χ0n) is 11.5. The summed E-state index contributed by atoms with van der Waals surface area (Å²) in [5.41, 5.74) is 3.26. The molecule has 1 aromatic carbocycles. The zero-order chi connectivity index (χ0) is 14.4. The molecule has 0 amide bonds. The Bertz CT molecular complexity index is 903. The Morgan fingerprint density at radius 1 is 1.19 bits per heavy atom. The number of furan rings is 1. The van der Waals surface area contributed by atoms with Gasteiger partial charge < -0.3 is 13.9 Å². The van der Waals surface area contributed by atoms with Crippen molar-refractivity contribution in [3.05, 3.63) is 71.9 Å². The van der Waals surface area contributed by atoms with Crippen LogP contribution in [0.5, 0.6) is 0 Å². The number of aliphatic hydroxyl groups excluding tert-OH is 1. The summed E-state index contributed by atoms with van der Waals surface area (Å²) in [4.78, 5) is 4.43. The van der Waals surface area contributed by atoms with Crippen LogP contribution in [0.2, 0.25) is 0 Å². The smallest absolute Gasteiger partial charge is 0.155 e. The molecule has 4 aromatic rings. The molecule has 4 rings (SSSR count). The number of nitrogens with zero attached hydrogens (tertiary/aromatic N) is 2. The van der Waals surface area contributed by atoms with E-state index in [4.69, 9.17) is 4.42 Å². The topological polar surface area (TPSA) is 50.7 Å². The highest BCUT2D eigenvalue weighted by molar-refractivity contribution is 5.81. The maximum Gasteiger partial charge on any atom is 0.155 e. The van der Waals surface area contributed by atoms with Crippen molar-refractivity contribution in [1.82, 2.24) is 9.38 Å². The second kappa shape index (κ2) is 4.46. The number of hydrogen-bond donors (Lipinski definition) is 1. The number of pyridine rings is 1. The fourth-order valence-electron chi connectivity index (χ4n) is 2.60. The van der Waals surface area contributed by atoms with Gasteiger partial charge in [0.05, 0.1) is 5.69 Å². The number of benzene rings is 1. The fourth-order valence-corrected chi connectivity index (χ4v) is 2.60. The maximum atomic E-state index is 10.5. The van der Waals surface area contributed by atoms with Gasteiger partial charge in [-0.3, -0.25) is 0 Å². The van der Waals surface area contributed by atoms with Gasteiger partial charge in [0.2, 0.25) is 0 Å². The summed E-state index contributed by atoms with van der Waals surface area (Å²) in [5.74, 6) is 0.516. The number of imidazole rings is 1. The highest BCUT2D eigenvalue weighted by Gasteiger charge is 2.19. The van der Waals surface area contributed by atoms with Crippen molar-refractivity contribution < 1.29 is 9.52 Å². The van der Waals surface area contributed by atoms with Gasteiger partial charge in [0.1, 0.15) is 17.0 Å². The minimum Gasteiger partial charge on any atom is -0.458 e. The lowest BCUT2D eigenvalue weighted by atomic mass is 10.1. The van der Waals surface area contributed by atoms with Gasteiger partial charge in [-0.2, -0.15) is 0 Å². The molecule has 0 aliphatic rings. The average molecular weight is 278 g/mol. The Morgan fingerprint density at radius 3 is 2.90 bits per heavy atom. The summed E-state index contributed by atoms with van der Waals surface area (Å²) in [7, 11) is 0. The highest BCUT2D eigenvalue weighted by atomic mass is 16.4. The molecular weight excluding hydrogens is 264 g/mol. The summed E-state index contributed by atoms with van der Waals surface area (Å²) >= 11 is 0. The molecule has 0 radical (unpaired) electrons. The van der Waals surface area contributed by atoms with Crippen molar-refractivity contribution in [1.29, 1.82) is 0 Å². The predicted octanol–water partition coefficient (Wildman–Crippen LogP) is 3.47. The molecule has 4 heteroatoms. The number of aryl methyl sites for hydroxylation is 1. The molecule has 0 aliphatic heterocycles. The number of para-hydroxylation sites is 1. The van der Waals surface area contributed by atoms with E-state index in [0.29, 0.717) is 11.5 Å². The van der Waals surface area contributed by atoms with E-state index >= 15 is 0 Å². The number of aromatic nitrogens is 2. The molecule has 0 aliphatic carbocycles. The Labute approximate surface area is 121 Å². The van der Waals surface area contributed by atoms with E-state index in [1.165, 1.54) is 0 Å². The van der Waals surface area contributed by atoms with Gasteiger partial charge in [-0.1, -0.05) is 24.3 Å². The first-order valence-electron chi connectivity index (χ1n) is 6.83. The van der Waals surface area contributed by atoms with Crippen LogP contribution in [0.1, 0.15) is 23.1 Å². The molecule has 0 bridgehead atoms. The third-order valence-electron chi connectivity index (χ3n) is 3.69. The van der Waals surface area contributed by atoms with Crippen LogP contribution in [0.4, 0.5) is 0 Å². The van der Waals surface area contributed by atoms with E-state index in [2.05, 4.69) is 4.98 Å². The molecule has 0 saturated carbocycles. The summed E-state index contributed by atoms with van der Waals surface area (Å²) in [6.45, 7) is 1.99. The Hall–Kier alpha value is -2.59. The molecule has 1 atom stereocenters. The maximum absolute atomic E-state index is 10.5. The van der Waals surface area contributed by atoms with E-state index in [-0.39, 0.29) is 0 Å². The third kappa shape index (κ3) is 1.92. The summed E-state index contributed by atoms with van der Waals surface area (Å²) in [5, 5.41) is 11.5. The average Bonchev–Trinajstić information content (AvgIpc) is 3.11. The third-order valence-corrected chi connectivity index (χ3v) is 3.69. The molecule has 104 valence electrons. The van der Waals surface area contributed by atoms with E-state index in [1.807, 2.05) is 66.2 Å². The number of fused-ring (bicyclic) bond motifs is 2. The molecule has 0 spiro atoms. The van der Waals surface area contributed by atoms with Gasteiger partial charge in [-0.05, 0) is 30.7 Å². The molecule has 21 heavy (non-hydrogen) atoms. The van der Waals surface area contributed by atoms with Crippen LogP contribution in [-0.4, -0.2) is 14.5 Å². The SMILES string of the molecule is Cc1cccc2cc(C(O)c3cn4ccccc4n3)oc12. The standard InChI is InChI=1S/C17H14N2O2/c1-11-5-4-6-12-9-14(21-17(11)12)16(20)13-10-19-8-3-2-7-15(19)18-13/h2-10,16,20H,1H3. The van der Waals surface area contributed by atoms with Gasteiger partial charge in [0.15, 0.2) is 6.10 Å². The second-order valence-electron chi connectivity index (χ2n) is 5.18. The molecule has 4 nitrogen and oxygen atoms in total. The number of aliphatic hydroxyl groups is 1. The van der Waals surface area contributed by atoms with Gasteiger partial charge in [-0.15, -0.1) is 0 Å². The molecule has 0 fully saturated rings. The van der Waals surface area contributed by atoms with Gasteiger partial charge in [-0.25, -0.2) is 4.98 Å². The summed E-state index contributed by atoms with van der Waals surface area (Å²) in [6.07, 6.45) is 2.86. The molecule has 1 unspecified atom stereocenters. The molecule has 3 heterocycles. The minimum absolute atomic E-state index is 0.516. The molecular formula is C17H14N2O2. The van der Waals surface area contributed by atoms with Crippen LogP contribution in [0, 0.1) is 6.92 Å². The largest absolute Gasteiger partial charge is 0.458 e. The van der Waals surface area contributed by atoms with Crippen molar-refractivity contribution in [3.8, 4) is 0 Å². The van der Waals surface area contributed by atoms with Crippen LogP contribution in [0.25, 0.3) is 16.6 Å². The van der Waals surface area contributed by atoms with Crippen molar-refractivity contribution in [2.24, 2.45) is 0 Å². The lowest BCUT2D eigenvalue weighted by Crippen LogP contribution is -1.97. The van der Waals surface area contributed by atoms with Crippen LogP contribution in [0.3, 0.4) is 0 Å². The Kier molecular flexibility index (Phi) is 2.59. The first-order valence-corrected chi connectivity index (χ1v) is 6.83. The quantitative estimate of drug-likeness (QED) is 0.611. The molecule has 0 saturated heterocycles. The summed E-state index contributed by atoms with van der Waals surface area (Å²) < 4.78 is 7.69. The van der Waals surface area contributed by atoms with Crippen LogP contribution in [0.15, 0.2) is 59.3 Å². The first kappa shape index (κ1) is 12.2. The van der Waals surface area contributed by atoms with Gasteiger partial charge >= 0.3 is 0 Å². The Balaban J connectivity index is 1.81. The second-order valence-corrected chi connectivity index (χ2v) is 5.18. The lowest BCUT2D eigenvalue weighted by Gasteiger charge is -2.02. The fraction of sp³-hybridized carbons (Fsp3) is 0.118. The number of rotatable bonds is 2. The normalized spacial score (nSPS) is 13.0. The van der Waals surface area contributed by atoms with Crippen molar-refractivity contribution in [2.45, 2.75) is 13.0 Å². The monoisotopic (exact) mass is 278 g/mol. The summed E-state index contributed by atoms with van der Waals surface area (Å²) in [6, 6.07) is 13.6. The molecule has 3 aromatic heterocycles. The lowest BCUT2D eigenvalue weighted by molar-refractivity contribution is 0.188. The van der Waals surface area contributed by atoms with E-state index < -0.39 is 6.10 Å². The molecule has 1 N–H and O–H groups in total. The van der Waals surface area contributed by atoms with E-state index in [1.54, 1.807) is 0 Å². The zero-order valence-corrected chi connectivity index (χ0v) is 11.5. The minimum atomic E-state index is -0.864. The van der Waals surface area contributed by atoms with Gasteiger partial charge in [0.25, 0.3) is 0 Å². The van der Waals surface area contributed by atoms with Crippen LogP contribution < -0.4 is 0 Å². The first-order chi connectivity index (χ1) is 10.2. The van der Waals surface area contributed by atoms with E-state index in [9.17, 15) is 5.11 Å². The Morgan fingerprint density at radius 2 is 2.10 bits per heavy atom. The van der Waals surface area contributed by atoms with Crippen molar-refractivity contribution in [3.63, 3.8) is 0 Å². The van der Waals surface area contributed by atoms with E-state index in [0.717, 1.165) is 22.2 Å².